The fourth-order valence-electron chi connectivity index (χ4n) is 3.45. The Morgan fingerprint density at radius 3 is 2.15 bits per heavy atom. The molecule has 172 valence electrons. The molecule has 1 aromatic heterocycles. The molecule has 4 rings (SSSR count). The van der Waals surface area contributed by atoms with Gasteiger partial charge < -0.3 is 14.2 Å². The fourth-order valence-corrected chi connectivity index (χ4v) is 4.54. The number of hydrogen-bond acceptors (Lipinski definition) is 5. The Labute approximate surface area is 188 Å². The summed E-state index contributed by atoms with van der Waals surface area (Å²) in [7, 11) is -4.28. The number of para-hydroxylation sites is 1. The molecule has 1 fully saturated rings. The van der Waals surface area contributed by atoms with Crippen LogP contribution in [0, 0.1) is 11.6 Å². The summed E-state index contributed by atoms with van der Waals surface area (Å²) in [4.78, 5) is 28.1. The molecule has 1 aliphatic heterocycles. The number of furan rings is 1. The molecule has 0 radical (unpaired) electrons. The molecule has 3 aromatic rings. The number of nitrogens with zero attached hydrogens (tertiary/aromatic N) is 2. The van der Waals surface area contributed by atoms with Gasteiger partial charge in [0.25, 0.3) is 21.8 Å². The molecule has 33 heavy (non-hydrogen) atoms. The van der Waals surface area contributed by atoms with Gasteiger partial charge in [0.2, 0.25) is 0 Å². The Hall–Kier alpha value is -3.73. The van der Waals surface area contributed by atoms with Gasteiger partial charge in [0.15, 0.2) is 17.4 Å². The number of halogens is 2. The van der Waals surface area contributed by atoms with Crippen molar-refractivity contribution in [2.45, 2.75) is 4.90 Å². The predicted octanol–water partition coefficient (Wildman–Crippen LogP) is 2.96. The van der Waals surface area contributed by atoms with E-state index in [1.165, 1.54) is 23.3 Å². The van der Waals surface area contributed by atoms with Gasteiger partial charge in [0, 0.05) is 26.2 Å². The van der Waals surface area contributed by atoms with E-state index in [0.717, 1.165) is 6.07 Å². The molecule has 0 unspecified atom stereocenters. The minimum atomic E-state index is -4.28. The van der Waals surface area contributed by atoms with Crippen molar-refractivity contribution in [3.05, 3.63) is 83.8 Å². The largest absolute Gasteiger partial charge is 0.459 e. The number of rotatable bonds is 5. The molecule has 1 aliphatic rings. The third-order valence-corrected chi connectivity index (χ3v) is 6.55. The summed E-state index contributed by atoms with van der Waals surface area (Å²) in [6.45, 7) is 1.06. The molecule has 2 aromatic carbocycles. The van der Waals surface area contributed by atoms with Crippen LogP contribution in [0.15, 0.2) is 70.2 Å². The summed E-state index contributed by atoms with van der Waals surface area (Å²) in [5, 5.41) is 0. The number of nitrogens with one attached hydrogen (secondary N) is 1. The van der Waals surface area contributed by atoms with E-state index >= 15 is 0 Å². The van der Waals surface area contributed by atoms with Gasteiger partial charge in [-0.25, -0.2) is 17.2 Å². The average molecular weight is 475 g/mol. The van der Waals surface area contributed by atoms with E-state index in [4.69, 9.17) is 4.42 Å². The lowest BCUT2D eigenvalue weighted by molar-refractivity contribution is 0.0518. The standard InChI is InChI=1S/C22H19F2N3O5S/c23-17-8-7-15(14-18(17)24)33(30,31)25-19-5-2-1-4-16(19)21(28)26-9-11-27(12-10-26)22(29)20-6-3-13-32-20/h1-8,13-14,25H,9-12H2. The third-order valence-electron chi connectivity index (χ3n) is 5.19. The number of hydrogen-bond donors (Lipinski definition) is 1. The van der Waals surface area contributed by atoms with Crippen molar-refractivity contribution in [2.75, 3.05) is 30.9 Å². The van der Waals surface area contributed by atoms with Gasteiger partial charge >= 0.3 is 0 Å². The van der Waals surface area contributed by atoms with E-state index < -0.39 is 32.5 Å². The van der Waals surface area contributed by atoms with Crippen LogP contribution < -0.4 is 4.72 Å². The first kappa shape index (κ1) is 22.5. The molecule has 0 atom stereocenters. The highest BCUT2D eigenvalue weighted by Crippen LogP contribution is 2.23. The monoisotopic (exact) mass is 475 g/mol. The first-order chi connectivity index (χ1) is 15.8. The molecule has 0 bridgehead atoms. The van der Waals surface area contributed by atoms with Crippen LogP contribution in [0.4, 0.5) is 14.5 Å². The van der Waals surface area contributed by atoms with Crippen LogP contribution in [-0.2, 0) is 10.0 Å². The van der Waals surface area contributed by atoms with E-state index in [0.29, 0.717) is 12.1 Å². The number of piperazine rings is 1. The van der Waals surface area contributed by atoms with Crippen molar-refractivity contribution in [1.82, 2.24) is 9.80 Å². The van der Waals surface area contributed by atoms with Gasteiger partial charge in [-0.2, -0.15) is 0 Å². The van der Waals surface area contributed by atoms with E-state index in [1.807, 2.05) is 0 Å². The number of benzene rings is 2. The van der Waals surface area contributed by atoms with Gasteiger partial charge in [0.1, 0.15) is 0 Å². The smallest absolute Gasteiger partial charge is 0.289 e. The van der Waals surface area contributed by atoms with E-state index in [-0.39, 0.29) is 49.1 Å². The first-order valence-electron chi connectivity index (χ1n) is 9.95. The number of amides is 2. The maximum atomic E-state index is 13.5. The molecular weight excluding hydrogens is 456 g/mol. The average Bonchev–Trinajstić information content (AvgIpc) is 3.35. The minimum absolute atomic E-state index is 0.00123. The highest BCUT2D eigenvalue weighted by atomic mass is 32.2. The molecule has 1 saturated heterocycles. The third kappa shape index (κ3) is 4.72. The summed E-state index contributed by atoms with van der Waals surface area (Å²) in [6.07, 6.45) is 1.41. The number of anilines is 1. The topological polar surface area (TPSA) is 99.9 Å². The summed E-state index contributed by atoms with van der Waals surface area (Å²) in [5.74, 6) is -2.96. The van der Waals surface area contributed by atoms with E-state index in [2.05, 4.69) is 4.72 Å². The molecule has 1 N–H and O–H groups in total. The van der Waals surface area contributed by atoms with Gasteiger partial charge in [-0.3, -0.25) is 14.3 Å². The Morgan fingerprint density at radius 2 is 1.52 bits per heavy atom. The Balaban J connectivity index is 1.49. The summed E-state index contributed by atoms with van der Waals surface area (Å²) < 4.78 is 59.4. The molecule has 8 nitrogen and oxygen atoms in total. The SMILES string of the molecule is O=C(c1ccco1)N1CCN(C(=O)c2ccccc2NS(=O)(=O)c2ccc(F)c(F)c2)CC1. The van der Waals surface area contributed by atoms with Crippen molar-refractivity contribution < 1.29 is 31.2 Å². The lowest BCUT2D eigenvalue weighted by atomic mass is 10.1. The Bertz CT molecular complexity index is 1290. The van der Waals surface area contributed by atoms with Crippen molar-refractivity contribution in [2.24, 2.45) is 0 Å². The summed E-state index contributed by atoms with van der Waals surface area (Å²) in [6, 6.07) is 11.4. The highest BCUT2D eigenvalue weighted by molar-refractivity contribution is 7.92. The van der Waals surface area contributed by atoms with Crippen LogP contribution in [0.3, 0.4) is 0 Å². The van der Waals surface area contributed by atoms with Gasteiger partial charge in [-0.05, 0) is 42.5 Å². The fraction of sp³-hybridized carbons (Fsp3) is 0.182. The highest BCUT2D eigenvalue weighted by Gasteiger charge is 2.28. The normalized spacial score (nSPS) is 14.2. The van der Waals surface area contributed by atoms with Crippen LogP contribution in [0.1, 0.15) is 20.9 Å². The zero-order valence-corrected chi connectivity index (χ0v) is 18.0. The molecule has 2 heterocycles. The van der Waals surface area contributed by atoms with Crippen LogP contribution >= 0.6 is 0 Å². The maximum Gasteiger partial charge on any atom is 0.289 e. The summed E-state index contributed by atoms with van der Waals surface area (Å²) in [5.41, 5.74) is 0.0933. The van der Waals surface area contributed by atoms with Crippen molar-refractivity contribution in [1.29, 1.82) is 0 Å². The quantitative estimate of drug-likeness (QED) is 0.612. The molecule has 2 amide bonds. The molecule has 11 heteroatoms. The maximum absolute atomic E-state index is 13.5. The lowest BCUT2D eigenvalue weighted by Crippen LogP contribution is -2.50. The van der Waals surface area contributed by atoms with Crippen LogP contribution in [0.25, 0.3) is 0 Å². The van der Waals surface area contributed by atoms with E-state index in [1.54, 1.807) is 29.2 Å². The molecule has 0 saturated carbocycles. The van der Waals surface area contributed by atoms with Gasteiger partial charge in [0.05, 0.1) is 22.4 Å². The molecule has 0 aliphatic carbocycles. The predicted molar refractivity (Wildman–Crippen MR) is 114 cm³/mol. The number of carbonyl (C=O) groups excluding carboxylic acids is 2. The second-order valence-electron chi connectivity index (χ2n) is 7.29. The van der Waals surface area contributed by atoms with Crippen molar-refractivity contribution in [3.8, 4) is 0 Å². The van der Waals surface area contributed by atoms with Crippen molar-refractivity contribution >= 4 is 27.5 Å². The zero-order chi connectivity index (χ0) is 23.6. The lowest BCUT2D eigenvalue weighted by Gasteiger charge is -2.34. The van der Waals surface area contributed by atoms with Crippen LogP contribution in [0.2, 0.25) is 0 Å². The van der Waals surface area contributed by atoms with Crippen LogP contribution in [-0.4, -0.2) is 56.2 Å². The minimum Gasteiger partial charge on any atom is -0.459 e. The second-order valence-corrected chi connectivity index (χ2v) is 8.97. The number of sulfonamides is 1. The summed E-state index contributed by atoms with van der Waals surface area (Å²) >= 11 is 0. The van der Waals surface area contributed by atoms with Crippen LogP contribution in [0.5, 0.6) is 0 Å². The van der Waals surface area contributed by atoms with Gasteiger partial charge in [-0.1, -0.05) is 12.1 Å². The van der Waals surface area contributed by atoms with Crippen molar-refractivity contribution in [3.63, 3.8) is 0 Å². The van der Waals surface area contributed by atoms with Gasteiger partial charge in [-0.15, -0.1) is 0 Å². The molecule has 0 spiro atoms. The molecular formula is C22H19F2N3O5S. The number of carbonyl (C=O) groups is 2. The first-order valence-corrected chi connectivity index (χ1v) is 11.4. The van der Waals surface area contributed by atoms with E-state index in [9.17, 15) is 26.8 Å². The zero-order valence-electron chi connectivity index (χ0n) is 17.2. The second kappa shape index (κ2) is 9.02. The Morgan fingerprint density at radius 1 is 0.848 bits per heavy atom. The Kier molecular flexibility index (Phi) is 6.14.